The number of benzene rings is 1. The van der Waals surface area contributed by atoms with Crippen LogP contribution >= 0.6 is 22.9 Å². The molecule has 1 aromatic heterocycles. The van der Waals surface area contributed by atoms with Crippen molar-refractivity contribution in [1.82, 2.24) is 0 Å². The molecule has 0 amide bonds. The molecule has 1 unspecified atom stereocenters. The number of esters is 1. The number of carbonyl (C=O) groups excluding carboxylic acids is 1. The average molecular weight is 465 g/mol. The summed E-state index contributed by atoms with van der Waals surface area (Å²) in [5, 5.41) is 10.4. The molecule has 1 aliphatic carbocycles. The minimum absolute atomic E-state index is 0.234. The maximum absolute atomic E-state index is 11.0. The number of methoxy groups -OCH3 is 1. The molecule has 3 rings (SSSR count). The van der Waals surface area contributed by atoms with E-state index in [1.807, 2.05) is 12.1 Å². The summed E-state index contributed by atoms with van der Waals surface area (Å²) < 4.78 is 4.60. The van der Waals surface area contributed by atoms with Crippen LogP contribution in [0.5, 0.6) is 0 Å². The lowest BCUT2D eigenvalue weighted by atomic mass is 9.94. The fraction of sp³-hybridized carbons (Fsp3) is 0.577. The molecule has 1 saturated carbocycles. The van der Waals surface area contributed by atoms with Gasteiger partial charge in [0, 0.05) is 16.2 Å². The van der Waals surface area contributed by atoms with E-state index in [2.05, 4.69) is 42.8 Å². The second-order valence-corrected chi connectivity index (χ2v) is 9.97. The summed E-state index contributed by atoms with van der Waals surface area (Å²) >= 11 is 7.87. The minimum Gasteiger partial charge on any atom is -0.465 e. The van der Waals surface area contributed by atoms with Crippen LogP contribution < -0.4 is 0 Å². The molecular weight excluding hydrogens is 428 g/mol. The third kappa shape index (κ3) is 8.25. The van der Waals surface area contributed by atoms with Gasteiger partial charge in [-0.1, -0.05) is 70.2 Å². The molecule has 0 spiro atoms. The van der Waals surface area contributed by atoms with Gasteiger partial charge < -0.3 is 9.84 Å². The van der Waals surface area contributed by atoms with E-state index in [1.54, 1.807) is 0 Å². The maximum Gasteiger partial charge on any atom is 0.348 e. The molecule has 1 aliphatic rings. The number of aliphatic hydroxyl groups is 1. The summed E-state index contributed by atoms with van der Waals surface area (Å²) in [6.45, 7) is 4.31. The monoisotopic (exact) mass is 464 g/mol. The number of hydrogen-bond donors (Lipinski definition) is 1. The standard InChI is InChI=1S/C17H25ClO.C9H12O2S/c1-2-3-4-8-17(19)14-11-9-13(10-12-14)15-6-5-7-16(15)18;1-3-4-7-5-6-8(12-7)9(10)11-2/h9-12,15-17,19H,2-8H2,1H3;5-6H,3-4H2,1-2H3/t15-,16-,17?;/m0./s1. The quantitative estimate of drug-likeness (QED) is 0.235. The lowest BCUT2D eigenvalue weighted by molar-refractivity contribution is 0.0606. The smallest absolute Gasteiger partial charge is 0.348 e. The van der Waals surface area contributed by atoms with Gasteiger partial charge in [-0.25, -0.2) is 4.79 Å². The zero-order valence-corrected chi connectivity index (χ0v) is 20.7. The molecule has 0 saturated heterocycles. The van der Waals surface area contributed by atoms with Crippen molar-refractivity contribution in [1.29, 1.82) is 0 Å². The largest absolute Gasteiger partial charge is 0.465 e. The molecule has 1 fully saturated rings. The van der Waals surface area contributed by atoms with Gasteiger partial charge in [0.25, 0.3) is 0 Å². The number of alkyl halides is 1. The predicted octanol–water partition coefficient (Wildman–Crippen LogP) is 7.66. The lowest BCUT2D eigenvalue weighted by Crippen LogP contribution is -2.05. The fourth-order valence-electron chi connectivity index (χ4n) is 3.98. The number of aliphatic hydroxyl groups excluding tert-OH is 1. The highest BCUT2D eigenvalue weighted by atomic mass is 35.5. The van der Waals surface area contributed by atoms with Crippen molar-refractivity contribution in [2.45, 2.75) is 89.0 Å². The Labute approximate surface area is 196 Å². The first-order chi connectivity index (χ1) is 15.0. The number of aryl methyl sites for hydroxylation is 1. The highest BCUT2D eigenvalue weighted by Gasteiger charge is 2.26. The second-order valence-electron chi connectivity index (χ2n) is 8.24. The summed E-state index contributed by atoms with van der Waals surface area (Å²) in [6, 6.07) is 12.3. The lowest BCUT2D eigenvalue weighted by Gasteiger charge is -2.16. The first-order valence-corrected chi connectivity index (χ1v) is 12.8. The van der Waals surface area contributed by atoms with Crippen LogP contribution in [0.2, 0.25) is 0 Å². The highest BCUT2D eigenvalue weighted by Crippen LogP contribution is 2.38. The number of ether oxygens (including phenoxy) is 1. The van der Waals surface area contributed by atoms with Crippen molar-refractivity contribution in [3.05, 3.63) is 57.3 Å². The molecule has 3 nitrogen and oxygen atoms in total. The van der Waals surface area contributed by atoms with E-state index in [1.165, 1.54) is 54.6 Å². The normalized spacial score (nSPS) is 18.9. The second kappa shape index (κ2) is 13.9. The van der Waals surface area contributed by atoms with Crippen molar-refractivity contribution in [2.75, 3.05) is 7.11 Å². The topological polar surface area (TPSA) is 46.5 Å². The molecule has 31 heavy (non-hydrogen) atoms. The average Bonchev–Trinajstić information content (AvgIpc) is 3.43. The summed E-state index contributed by atoms with van der Waals surface area (Å²) in [7, 11) is 1.40. The Bertz CT molecular complexity index is 771. The zero-order valence-electron chi connectivity index (χ0n) is 19.1. The minimum atomic E-state index is -0.309. The first kappa shape index (κ1) is 25.9. The number of unbranched alkanes of at least 4 members (excludes halogenated alkanes) is 2. The van der Waals surface area contributed by atoms with E-state index < -0.39 is 0 Å². The number of rotatable bonds is 9. The van der Waals surface area contributed by atoms with E-state index in [9.17, 15) is 9.90 Å². The van der Waals surface area contributed by atoms with Gasteiger partial charge in [-0.05, 0) is 48.9 Å². The van der Waals surface area contributed by atoms with Crippen molar-refractivity contribution in [3.8, 4) is 0 Å². The van der Waals surface area contributed by atoms with E-state index in [0.717, 1.165) is 37.7 Å². The summed E-state index contributed by atoms with van der Waals surface area (Å²) in [4.78, 5) is 13.0. The Morgan fingerprint density at radius 1 is 1.13 bits per heavy atom. The van der Waals surface area contributed by atoms with E-state index in [-0.39, 0.29) is 12.1 Å². The molecular formula is C26H37ClO3S. The molecule has 5 heteroatoms. The molecule has 0 aliphatic heterocycles. The van der Waals surface area contributed by atoms with Gasteiger partial charge in [-0.15, -0.1) is 22.9 Å². The molecule has 3 atom stereocenters. The van der Waals surface area contributed by atoms with Crippen molar-refractivity contribution < 1.29 is 14.6 Å². The highest BCUT2D eigenvalue weighted by molar-refractivity contribution is 7.13. The third-order valence-electron chi connectivity index (χ3n) is 5.81. The van der Waals surface area contributed by atoms with Gasteiger partial charge in [-0.3, -0.25) is 0 Å². The Kier molecular flexibility index (Phi) is 11.6. The van der Waals surface area contributed by atoms with Gasteiger partial charge in [-0.2, -0.15) is 0 Å². The first-order valence-electron chi connectivity index (χ1n) is 11.6. The fourth-order valence-corrected chi connectivity index (χ4v) is 5.43. The molecule has 172 valence electrons. The number of thiophene rings is 1. The van der Waals surface area contributed by atoms with Crippen LogP contribution in [0.15, 0.2) is 36.4 Å². The van der Waals surface area contributed by atoms with Crippen LogP contribution in [0.25, 0.3) is 0 Å². The molecule has 0 radical (unpaired) electrons. The van der Waals surface area contributed by atoms with Crippen LogP contribution in [0.1, 0.15) is 103 Å². The van der Waals surface area contributed by atoms with Crippen molar-refractivity contribution >= 4 is 28.9 Å². The number of hydrogen-bond acceptors (Lipinski definition) is 4. The van der Waals surface area contributed by atoms with Crippen LogP contribution in [0.3, 0.4) is 0 Å². The van der Waals surface area contributed by atoms with Crippen LogP contribution in [0, 0.1) is 0 Å². The SMILES string of the molecule is CCCCCC(O)c1ccc([C@@H]2CCC[C@@H]2Cl)cc1.CCCc1ccc(C(=O)OC)s1. The van der Waals surface area contributed by atoms with E-state index >= 15 is 0 Å². The molecule has 1 heterocycles. The zero-order chi connectivity index (χ0) is 22.6. The van der Waals surface area contributed by atoms with Gasteiger partial charge in [0.1, 0.15) is 4.88 Å². The Morgan fingerprint density at radius 2 is 1.87 bits per heavy atom. The molecule has 0 bridgehead atoms. The maximum atomic E-state index is 11.0. The summed E-state index contributed by atoms with van der Waals surface area (Å²) in [6.07, 6.45) is 9.79. The van der Waals surface area contributed by atoms with E-state index in [4.69, 9.17) is 11.6 Å². The number of halogens is 1. The third-order valence-corrected chi connectivity index (χ3v) is 7.45. The summed E-state index contributed by atoms with van der Waals surface area (Å²) in [5.41, 5.74) is 2.38. The van der Waals surface area contributed by atoms with Gasteiger partial charge in [0.2, 0.25) is 0 Å². The Hall–Kier alpha value is -1.36. The Balaban J connectivity index is 0.000000245. The number of carbonyl (C=O) groups is 1. The predicted molar refractivity (Wildman–Crippen MR) is 131 cm³/mol. The van der Waals surface area contributed by atoms with Gasteiger partial charge >= 0.3 is 5.97 Å². The molecule has 1 N–H and O–H groups in total. The molecule has 2 aromatic rings. The Morgan fingerprint density at radius 3 is 2.45 bits per heavy atom. The van der Waals surface area contributed by atoms with Crippen molar-refractivity contribution in [2.24, 2.45) is 0 Å². The van der Waals surface area contributed by atoms with Crippen molar-refractivity contribution in [3.63, 3.8) is 0 Å². The van der Waals surface area contributed by atoms with Crippen LogP contribution in [0.4, 0.5) is 0 Å². The summed E-state index contributed by atoms with van der Waals surface area (Å²) in [5.74, 6) is 0.273. The van der Waals surface area contributed by atoms with Crippen LogP contribution in [-0.2, 0) is 11.2 Å². The van der Waals surface area contributed by atoms with E-state index in [0.29, 0.717) is 16.2 Å². The van der Waals surface area contributed by atoms with Crippen LogP contribution in [-0.4, -0.2) is 23.6 Å². The van der Waals surface area contributed by atoms with Gasteiger partial charge in [0.05, 0.1) is 13.2 Å². The van der Waals surface area contributed by atoms with Gasteiger partial charge in [0.15, 0.2) is 0 Å². The molecule has 1 aromatic carbocycles.